The highest BCUT2D eigenvalue weighted by Crippen LogP contribution is 2.32. The zero-order chi connectivity index (χ0) is 21.8. The van der Waals surface area contributed by atoms with Crippen LogP contribution >= 0.6 is 11.6 Å². The number of amides is 1. The summed E-state index contributed by atoms with van der Waals surface area (Å²) in [6.07, 6.45) is 0.935. The van der Waals surface area contributed by atoms with Crippen LogP contribution in [0.5, 0.6) is 5.75 Å². The number of rotatable bonds is 7. The highest BCUT2D eigenvalue weighted by molar-refractivity contribution is 7.92. The first kappa shape index (κ1) is 23.0. The summed E-state index contributed by atoms with van der Waals surface area (Å²) in [6.45, 7) is 6.00. The summed E-state index contributed by atoms with van der Waals surface area (Å²) in [6, 6.07) is 9.25. The maximum absolute atomic E-state index is 14.0. The minimum Gasteiger partial charge on any atom is -0.484 e. The van der Waals surface area contributed by atoms with Crippen molar-refractivity contribution in [3.8, 4) is 5.75 Å². The van der Waals surface area contributed by atoms with Gasteiger partial charge in [0, 0.05) is 11.6 Å². The number of hydrogen-bond donors (Lipinski definition) is 2. The van der Waals surface area contributed by atoms with E-state index >= 15 is 0 Å². The van der Waals surface area contributed by atoms with Gasteiger partial charge in [-0.3, -0.25) is 9.52 Å². The van der Waals surface area contributed by atoms with E-state index < -0.39 is 15.8 Å². The standard InChI is InChI=1S/C20H24ClFN2O4S/c1-20(2,3)15-7-6-14(10-16(15)21)28-12-19(25)23-11-13-5-8-18(17(22)9-13)24-29(4,26)27/h5-10,24H,11-12H2,1-4H3,(H,23,25). The van der Waals surface area contributed by atoms with Crippen molar-refractivity contribution in [1.82, 2.24) is 5.32 Å². The summed E-state index contributed by atoms with van der Waals surface area (Å²) < 4.78 is 43.8. The molecule has 0 saturated heterocycles. The number of carbonyl (C=O) groups excluding carboxylic acids is 1. The van der Waals surface area contributed by atoms with E-state index in [0.29, 0.717) is 16.3 Å². The minimum absolute atomic E-state index is 0.0714. The summed E-state index contributed by atoms with van der Waals surface area (Å²) in [4.78, 5) is 12.0. The van der Waals surface area contributed by atoms with E-state index in [0.717, 1.165) is 17.9 Å². The molecule has 2 aromatic carbocycles. The van der Waals surface area contributed by atoms with Gasteiger partial charge in [-0.15, -0.1) is 0 Å². The van der Waals surface area contributed by atoms with Crippen LogP contribution in [0.1, 0.15) is 31.9 Å². The number of anilines is 1. The van der Waals surface area contributed by atoms with Crippen molar-refractivity contribution in [1.29, 1.82) is 0 Å². The average Bonchev–Trinajstić information content (AvgIpc) is 2.58. The van der Waals surface area contributed by atoms with Crippen LogP contribution < -0.4 is 14.8 Å². The van der Waals surface area contributed by atoms with Crippen molar-refractivity contribution in [3.63, 3.8) is 0 Å². The molecule has 0 aromatic heterocycles. The maximum atomic E-state index is 14.0. The Morgan fingerprint density at radius 2 is 1.86 bits per heavy atom. The van der Waals surface area contributed by atoms with E-state index in [1.165, 1.54) is 12.1 Å². The van der Waals surface area contributed by atoms with Crippen LogP contribution in [0.4, 0.5) is 10.1 Å². The van der Waals surface area contributed by atoms with E-state index in [9.17, 15) is 17.6 Å². The molecular formula is C20H24ClFN2O4S. The van der Waals surface area contributed by atoms with Crippen molar-refractivity contribution < 1.29 is 22.3 Å². The fourth-order valence-electron chi connectivity index (χ4n) is 2.55. The summed E-state index contributed by atoms with van der Waals surface area (Å²) in [5.74, 6) is -0.646. The first-order chi connectivity index (χ1) is 13.3. The monoisotopic (exact) mass is 442 g/mol. The van der Waals surface area contributed by atoms with Crippen LogP contribution in [-0.2, 0) is 26.8 Å². The largest absolute Gasteiger partial charge is 0.484 e. The van der Waals surface area contributed by atoms with Crippen LogP contribution in [0.15, 0.2) is 36.4 Å². The molecule has 0 atom stereocenters. The normalized spacial score (nSPS) is 11.8. The molecule has 0 saturated carbocycles. The van der Waals surface area contributed by atoms with E-state index in [1.807, 2.05) is 6.07 Å². The molecule has 1 amide bonds. The van der Waals surface area contributed by atoms with Gasteiger partial charge in [0.1, 0.15) is 11.6 Å². The molecule has 158 valence electrons. The number of hydrogen-bond acceptors (Lipinski definition) is 4. The molecule has 0 aliphatic heterocycles. The number of nitrogens with one attached hydrogen (secondary N) is 2. The molecule has 0 spiro atoms. The Morgan fingerprint density at radius 1 is 1.17 bits per heavy atom. The van der Waals surface area contributed by atoms with Gasteiger partial charge in [0.2, 0.25) is 10.0 Å². The summed E-state index contributed by atoms with van der Waals surface area (Å²) >= 11 is 6.28. The van der Waals surface area contributed by atoms with E-state index in [-0.39, 0.29) is 30.2 Å². The van der Waals surface area contributed by atoms with Crippen molar-refractivity contribution in [2.24, 2.45) is 0 Å². The van der Waals surface area contributed by atoms with Gasteiger partial charge in [-0.25, -0.2) is 12.8 Å². The number of ether oxygens (including phenoxy) is 1. The summed E-state index contributed by atoms with van der Waals surface area (Å²) in [7, 11) is -3.57. The molecule has 0 heterocycles. The van der Waals surface area contributed by atoms with Gasteiger partial charge >= 0.3 is 0 Å². The Bertz CT molecular complexity index is 1000. The van der Waals surface area contributed by atoms with Gasteiger partial charge in [0.05, 0.1) is 11.9 Å². The van der Waals surface area contributed by atoms with E-state index in [2.05, 4.69) is 30.8 Å². The number of benzene rings is 2. The Kier molecular flexibility index (Phi) is 7.13. The first-order valence-corrected chi connectivity index (χ1v) is 11.1. The SMILES string of the molecule is CC(C)(C)c1ccc(OCC(=O)NCc2ccc(NS(C)(=O)=O)c(F)c2)cc1Cl. The smallest absolute Gasteiger partial charge is 0.258 e. The Labute approximate surface area is 175 Å². The van der Waals surface area contributed by atoms with Gasteiger partial charge in [-0.1, -0.05) is 44.5 Å². The maximum Gasteiger partial charge on any atom is 0.258 e. The summed E-state index contributed by atoms with van der Waals surface area (Å²) in [5.41, 5.74) is 1.20. The van der Waals surface area contributed by atoms with Crippen molar-refractivity contribution in [2.75, 3.05) is 17.6 Å². The summed E-state index contributed by atoms with van der Waals surface area (Å²) in [5, 5.41) is 3.18. The molecule has 9 heteroatoms. The van der Waals surface area contributed by atoms with E-state index in [4.69, 9.17) is 16.3 Å². The van der Waals surface area contributed by atoms with Gasteiger partial charge < -0.3 is 10.1 Å². The van der Waals surface area contributed by atoms with Crippen molar-refractivity contribution in [2.45, 2.75) is 32.7 Å². The number of sulfonamides is 1. The lowest BCUT2D eigenvalue weighted by Gasteiger charge is -2.21. The molecule has 0 radical (unpaired) electrons. The predicted octanol–water partition coefficient (Wildman–Crippen LogP) is 3.84. The van der Waals surface area contributed by atoms with Gasteiger partial charge in [-0.2, -0.15) is 0 Å². The third-order valence-corrected chi connectivity index (χ3v) is 4.84. The van der Waals surface area contributed by atoms with Gasteiger partial charge in [0.25, 0.3) is 5.91 Å². The second-order valence-corrected chi connectivity index (χ2v) is 9.80. The quantitative estimate of drug-likeness (QED) is 0.682. The van der Waals surface area contributed by atoms with Crippen LogP contribution in [0, 0.1) is 5.82 Å². The fraction of sp³-hybridized carbons (Fsp3) is 0.350. The second kappa shape index (κ2) is 9.00. The lowest BCUT2D eigenvalue weighted by molar-refractivity contribution is -0.123. The molecule has 2 N–H and O–H groups in total. The van der Waals surface area contributed by atoms with Crippen LogP contribution in [0.25, 0.3) is 0 Å². The number of halogens is 2. The van der Waals surface area contributed by atoms with Gasteiger partial charge in [-0.05, 0) is 40.8 Å². The molecule has 29 heavy (non-hydrogen) atoms. The molecule has 0 fully saturated rings. The van der Waals surface area contributed by atoms with Crippen molar-refractivity contribution in [3.05, 3.63) is 58.4 Å². The lowest BCUT2D eigenvalue weighted by atomic mass is 9.87. The Balaban J connectivity index is 1.89. The lowest BCUT2D eigenvalue weighted by Crippen LogP contribution is -2.28. The van der Waals surface area contributed by atoms with Crippen LogP contribution in [0.2, 0.25) is 5.02 Å². The number of carbonyl (C=O) groups is 1. The van der Waals surface area contributed by atoms with Gasteiger partial charge in [0.15, 0.2) is 6.61 Å². The van der Waals surface area contributed by atoms with Crippen molar-refractivity contribution >= 4 is 33.2 Å². The first-order valence-electron chi connectivity index (χ1n) is 8.81. The highest BCUT2D eigenvalue weighted by atomic mass is 35.5. The molecule has 2 rings (SSSR count). The molecule has 6 nitrogen and oxygen atoms in total. The second-order valence-electron chi connectivity index (χ2n) is 7.65. The zero-order valence-electron chi connectivity index (χ0n) is 16.7. The minimum atomic E-state index is -3.57. The highest BCUT2D eigenvalue weighted by Gasteiger charge is 2.17. The molecule has 0 aliphatic carbocycles. The third kappa shape index (κ3) is 7.21. The third-order valence-electron chi connectivity index (χ3n) is 3.94. The Hall–Kier alpha value is -2.32. The molecular weight excluding hydrogens is 419 g/mol. The van der Waals surface area contributed by atoms with Crippen LogP contribution in [-0.4, -0.2) is 27.2 Å². The molecule has 0 bridgehead atoms. The average molecular weight is 443 g/mol. The topological polar surface area (TPSA) is 84.5 Å². The van der Waals surface area contributed by atoms with Crippen LogP contribution in [0.3, 0.4) is 0 Å². The van der Waals surface area contributed by atoms with E-state index in [1.54, 1.807) is 12.1 Å². The zero-order valence-corrected chi connectivity index (χ0v) is 18.2. The molecule has 0 unspecified atom stereocenters. The predicted molar refractivity (Wildman–Crippen MR) is 112 cm³/mol. The molecule has 0 aliphatic rings. The fourth-order valence-corrected chi connectivity index (χ4v) is 3.56. The Morgan fingerprint density at radius 3 is 2.41 bits per heavy atom. The molecule has 2 aromatic rings.